The van der Waals surface area contributed by atoms with Crippen LogP contribution in [-0.2, 0) is 13.0 Å². The number of carboxylic acid groups (broad SMARTS) is 1. The first kappa shape index (κ1) is 10.8. The molecule has 0 atom stereocenters. The van der Waals surface area contributed by atoms with Crippen LogP contribution in [0.15, 0.2) is 17.8 Å². The van der Waals surface area contributed by atoms with Gasteiger partial charge in [0.15, 0.2) is 0 Å². The van der Waals surface area contributed by atoms with Gasteiger partial charge in [0.2, 0.25) is 0 Å². The van der Waals surface area contributed by atoms with E-state index in [1.54, 1.807) is 16.8 Å². The Bertz CT molecular complexity index is 504. The molecule has 0 saturated heterocycles. The summed E-state index contributed by atoms with van der Waals surface area (Å²) in [6.45, 7) is 2.52. The third kappa shape index (κ3) is 2.11. The first-order valence-electron chi connectivity index (χ1n) is 4.82. The van der Waals surface area contributed by atoms with E-state index in [9.17, 15) is 4.79 Å². The van der Waals surface area contributed by atoms with E-state index in [0.717, 1.165) is 12.1 Å². The Morgan fingerprint density at radius 3 is 3.06 bits per heavy atom. The number of rotatable bonds is 4. The average molecular weight is 237 g/mol. The summed E-state index contributed by atoms with van der Waals surface area (Å²) in [5.41, 5.74) is 3.03. The molecule has 6 heteroatoms. The van der Waals surface area contributed by atoms with E-state index in [-0.39, 0.29) is 5.69 Å². The number of thiazole rings is 1. The molecule has 2 aromatic rings. The van der Waals surface area contributed by atoms with Gasteiger partial charge in [-0.25, -0.2) is 9.78 Å². The van der Waals surface area contributed by atoms with Crippen LogP contribution >= 0.6 is 11.3 Å². The number of aromatic nitrogens is 3. The van der Waals surface area contributed by atoms with Crippen molar-refractivity contribution in [1.29, 1.82) is 0 Å². The summed E-state index contributed by atoms with van der Waals surface area (Å²) in [6.07, 6.45) is 2.27. The van der Waals surface area contributed by atoms with Crippen molar-refractivity contribution < 1.29 is 9.90 Å². The number of carbonyl (C=O) groups is 1. The monoisotopic (exact) mass is 237 g/mol. The lowest BCUT2D eigenvalue weighted by atomic mass is 10.3. The second-order valence-electron chi connectivity index (χ2n) is 3.36. The molecule has 0 aliphatic rings. The normalized spacial score (nSPS) is 10.6. The Hall–Kier alpha value is -1.69. The molecule has 0 fully saturated rings. The summed E-state index contributed by atoms with van der Waals surface area (Å²) in [4.78, 5) is 16.2. The highest BCUT2D eigenvalue weighted by atomic mass is 32.1. The van der Waals surface area contributed by atoms with E-state index < -0.39 is 5.97 Å². The lowest BCUT2D eigenvalue weighted by Gasteiger charge is -2.03. The minimum absolute atomic E-state index is 0.224. The zero-order valence-electron chi connectivity index (χ0n) is 8.75. The van der Waals surface area contributed by atoms with Gasteiger partial charge in [0.1, 0.15) is 5.69 Å². The van der Waals surface area contributed by atoms with Gasteiger partial charge in [-0.15, -0.1) is 11.3 Å². The number of aromatic carboxylic acids is 1. The maximum absolute atomic E-state index is 10.8. The lowest BCUT2D eigenvalue weighted by Crippen LogP contribution is -2.11. The zero-order valence-corrected chi connectivity index (χ0v) is 9.57. The summed E-state index contributed by atoms with van der Waals surface area (Å²) >= 11 is 1.59. The second-order valence-corrected chi connectivity index (χ2v) is 4.30. The van der Waals surface area contributed by atoms with Gasteiger partial charge >= 0.3 is 5.97 Å². The number of carboxylic acids is 1. The van der Waals surface area contributed by atoms with Gasteiger partial charge in [0.25, 0.3) is 0 Å². The highest BCUT2D eigenvalue weighted by molar-refractivity contribution is 7.09. The van der Waals surface area contributed by atoms with Crippen molar-refractivity contribution in [2.45, 2.75) is 19.9 Å². The van der Waals surface area contributed by atoms with Gasteiger partial charge in [-0.2, -0.15) is 5.10 Å². The molecule has 2 aromatic heterocycles. The standard InChI is InChI=1S/C10H11N3O2S/c1-7-9(16-6-11-7)3-5-13-8(10(14)15)2-4-12-13/h2,4,6H,3,5H2,1H3,(H,14,15). The molecule has 0 bridgehead atoms. The highest BCUT2D eigenvalue weighted by Gasteiger charge is 2.10. The molecular weight excluding hydrogens is 226 g/mol. The molecule has 2 heterocycles. The zero-order chi connectivity index (χ0) is 11.5. The Balaban J connectivity index is 2.08. The topological polar surface area (TPSA) is 68.0 Å². The van der Waals surface area contributed by atoms with Gasteiger partial charge in [0, 0.05) is 24.0 Å². The molecule has 2 rings (SSSR count). The number of hydrogen-bond donors (Lipinski definition) is 1. The first-order valence-corrected chi connectivity index (χ1v) is 5.70. The number of hydrogen-bond acceptors (Lipinski definition) is 4. The molecule has 0 spiro atoms. The van der Waals surface area contributed by atoms with E-state index in [1.807, 2.05) is 6.92 Å². The summed E-state index contributed by atoms with van der Waals surface area (Å²) in [6, 6.07) is 1.50. The third-order valence-electron chi connectivity index (χ3n) is 2.33. The maximum atomic E-state index is 10.8. The number of aryl methyl sites for hydroxylation is 3. The van der Waals surface area contributed by atoms with Crippen molar-refractivity contribution in [1.82, 2.24) is 14.8 Å². The lowest BCUT2D eigenvalue weighted by molar-refractivity contribution is 0.0683. The van der Waals surface area contributed by atoms with Crippen molar-refractivity contribution in [2.75, 3.05) is 0 Å². The molecule has 0 saturated carbocycles. The van der Waals surface area contributed by atoms with Gasteiger partial charge < -0.3 is 5.11 Å². The van der Waals surface area contributed by atoms with Crippen molar-refractivity contribution in [3.63, 3.8) is 0 Å². The van der Waals surface area contributed by atoms with Crippen molar-refractivity contribution in [3.05, 3.63) is 34.0 Å². The SMILES string of the molecule is Cc1ncsc1CCn1nccc1C(=O)O. The Kier molecular flexibility index (Phi) is 3.00. The molecule has 0 aliphatic heterocycles. The fourth-order valence-electron chi connectivity index (χ4n) is 1.47. The minimum Gasteiger partial charge on any atom is -0.477 e. The largest absolute Gasteiger partial charge is 0.477 e. The Morgan fingerprint density at radius 1 is 1.62 bits per heavy atom. The predicted molar refractivity (Wildman–Crippen MR) is 59.7 cm³/mol. The van der Waals surface area contributed by atoms with Crippen LogP contribution in [0, 0.1) is 6.92 Å². The smallest absolute Gasteiger partial charge is 0.354 e. The minimum atomic E-state index is -0.946. The van der Waals surface area contributed by atoms with Gasteiger partial charge in [-0.1, -0.05) is 0 Å². The summed E-state index contributed by atoms with van der Waals surface area (Å²) in [7, 11) is 0. The highest BCUT2D eigenvalue weighted by Crippen LogP contribution is 2.13. The third-order valence-corrected chi connectivity index (χ3v) is 3.33. The first-order chi connectivity index (χ1) is 7.68. The van der Waals surface area contributed by atoms with Crippen molar-refractivity contribution in [2.24, 2.45) is 0 Å². The van der Waals surface area contributed by atoms with E-state index in [4.69, 9.17) is 5.11 Å². The predicted octanol–water partition coefficient (Wildman–Crippen LogP) is 1.59. The fraction of sp³-hybridized carbons (Fsp3) is 0.300. The molecule has 16 heavy (non-hydrogen) atoms. The molecule has 0 aliphatic carbocycles. The molecule has 0 amide bonds. The van der Waals surface area contributed by atoms with Crippen LogP contribution in [0.25, 0.3) is 0 Å². The summed E-state index contributed by atoms with van der Waals surface area (Å²) in [5.74, 6) is -0.946. The average Bonchev–Trinajstić information content (AvgIpc) is 2.83. The second kappa shape index (κ2) is 4.44. The number of nitrogens with zero attached hydrogens (tertiary/aromatic N) is 3. The molecule has 1 N–H and O–H groups in total. The molecule has 0 aromatic carbocycles. The van der Waals surface area contributed by atoms with Crippen LogP contribution in [0.2, 0.25) is 0 Å². The fourth-order valence-corrected chi connectivity index (χ4v) is 2.24. The van der Waals surface area contributed by atoms with Gasteiger partial charge in [-0.3, -0.25) is 4.68 Å². The van der Waals surface area contributed by atoms with Crippen LogP contribution in [0.5, 0.6) is 0 Å². The van der Waals surface area contributed by atoms with Crippen LogP contribution < -0.4 is 0 Å². The van der Waals surface area contributed by atoms with E-state index >= 15 is 0 Å². The molecule has 0 unspecified atom stereocenters. The molecule has 5 nitrogen and oxygen atoms in total. The maximum Gasteiger partial charge on any atom is 0.354 e. The Morgan fingerprint density at radius 2 is 2.44 bits per heavy atom. The Labute approximate surface area is 96.4 Å². The van der Waals surface area contributed by atoms with Gasteiger partial charge in [0.05, 0.1) is 11.2 Å². The van der Waals surface area contributed by atoms with Crippen LogP contribution in [-0.4, -0.2) is 25.8 Å². The van der Waals surface area contributed by atoms with E-state index in [2.05, 4.69) is 10.1 Å². The molecule has 0 radical (unpaired) electrons. The molecule has 84 valence electrons. The quantitative estimate of drug-likeness (QED) is 0.876. The molecular formula is C10H11N3O2S. The van der Waals surface area contributed by atoms with Crippen LogP contribution in [0.1, 0.15) is 21.1 Å². The van der Waals surface area contributed by atoms with Crippen LogP contribution in [0.4, 0.5) is 0 Å². The van der Waals surface area contributed by atoms with Crippen molar-refractivity contribution in [3.8, 4) is 0 Å². The van der Waals surface area contributed by atoms with Gasteiger partial charge in [-0.05, 0) is 13.0 Å². The summed E-state index contributed by atoms with van der Waals surface area (Å²) < 4.78 is 1.50. The summed E-state index contributed by atoms with van der Waals surface area (Å²) in [5, 5.41) is 12.9. The van der Waals surface area contributed by atoms with Crippen LogP contribution in [0.3, 0.4) is 0 Å². The van der Waals surface area contributed by atoms with E-state index in [0.29, 0.717) is 6.54 Å². The van der Waals surface area contributed by atoms with Crippen molar-refractivity contribution >= 4 is 17.3 Å². The van der Waals surface area contributed by atoms with E-state index in [1.165, 1.54) is 21.8 Å².